The Bertz CT molecular complexity index is 596. The predicted molar refractivity (Wildman–Crippen MR) is 60.8 cm³/mol. The van der Waals surface area contributed by atoms with E-state index in [1.54, 1.807) is 12.1 Å². The van der Waals surface area contributed by atoms with Crippen LogP contribution in [0.3, 0.4) is 0 Å². The van der Waals surface area contributed by atoms with Gasteiger partial charge in [0.2, 0.25) is 0 Å². The second kappa shape index (κ2) is 3.75. The molecule has 0 aliphatic heterocycles. The molecule has 3 rings (SSSR count). The second-order valence-electron chi connectivity index (χ2n) is 4.48. The smallest absolute Gasteiger partial charge is 0.420 e. The molecule has 2 N–H and O–H groups in total. The first kappa shape index (κ1) is 11.6. The van der Waals surface area contributed by atoms with Gasteiger partial charge in [-0.1, -0.05) is 0 Å². The molecule has 1 radical (unpaired) electrons. The van der Waals surface area contributed by atoms with Crippen molar-refractivity contribution in [1.82, 2.24) is 0 Å². The summed E-state index contributed by atoms with van der Waals surface area (Å²) in [4.78, 5) is 0. The number of benzene rings is 1. The van der Waals surface area contributed by atoms with E-state index in [0.717, 1.165) is 6.42 Å². The van der Waals surface area contributed by atoms with Gasteiger partial charge in [0, 0.05) is 5.39 Å². The Balaban J connectivity index is 2.25. The Hall–Kier alpha value is -1.49. The minimum atomic E-state index is -4.41. The second-order valence-corrected chi connectivity index (χ2v) is 4.48. The van der Waals surface area contributed by atoms with E-state index in [0.29, 0.717) is 16.7 Å². The zero-order valence-corrected chi connectivity index (χ0v) is 9.42. The van der Waals surface area contributed by atoms with Crippen molar-refractivity contribution in [2.24, 2.45) is 5.73 Å². The summed E-state index contributed by atoms with van der Waals surface area (Å²) in [6.07, 6.45) is -1.59. The van der Waals surface area contributed by atoms with Gasteiger partial charge in [0.15, 0.2) is 0 Å². The zero-order chi connectivity index (χ0) is 12.9. The molecule has 1 aliphatic carbocycles. The molecular formula is C13H11F3NO. The van der Waals surface area contributed by atoms with Crippen molar-refractivity contribution >= 4 is 11.0 Å². The summed E-state index contributed by atoms with van der Waals surface area (Å²) >= 11 is 0. The lowest BCUT2D eigenvalue weighted by atomic mass is 10.0. The number of hydrogen-bond donors (Lipinski definition) is 1. The number of nitrogens with two attached hydrogens (primary N) is 1. The molecule has 1 saturated carbocycles. The van der Waals surface area contributed by atoms with Crippen LogP contribution in [0.2, 0.25) is 0 Å². The average Bonchev–Trinajstić information content (AvgIpc) is 3.06. The van der Waals surface area contributed by atoms with Crippen molar-refractivity contribution in [2.75, 3.05) is 0 Å². The summed E-state index contributed by atoms with van der Waals surface area (Å²) in [6, 6.07) is 4.51. The van der Waals surface area contributed by atoms with Gasteiger partial charge in [-0.25, -0.2) is 0 Å². The van der Waals surface area contributed by atoms with E-state index < -0.39 is 11.7 Å². The molecule has 0 saturated heterocycles. The monoisotopic (exact) mass is 254 g/mol. The Morgan fingerprint density at radius 2 is 2.00 bits per heavy atom. The minimum Gasteiger partial charge on any atom is -0.459 e. The quantitative estimate of drug-likeness (QED) is 0.889. The molecule has 1 aromatic heterocycles. The molecule has 1 atom stereocenters. The summed E-state index contributed by atoms with van der Waals surface area (Å²) in [7, 11) is 0. The summed E-state index contributed by atoms with van der Waals surface area (Å²) in [5, 5.41) is 0.473. The van der Waals surface area contributed by atoms with E-state index >= 15 is 0 Å². The van der Waals surface area contributed by atoms with Crippen LogP contribution in [0.4, 0.5) is 13.2 Å². The van der Waals surface area contributed by atoms with Crippen molar-refractivity contribution in [3.63, 3.8) is 0 Å². The highest BCUT2D eigenvalue weighted by molar-refractivity contribution is 5.83. The van der Waals surface area contributed by atoms with Crippen molar-refractivity contribution in [3.8, 4) is 0 Å². The van der Waals surface area contributed by atoms with Gasteiger partial charge < -0.3 is 10.2 Å². The lowest BCUT2D eigenvalue weighted by Crippen LogP contribution is -2.06. The third kappa shape index (κ3) is 1.88. The summed E-state index contributed by atoms with van der Waals surface area (Å²) < 4.78 is 44.2. The number of rotatable bonds is 2. The molecule has 1 fully saturated rings. The first-order valence-corrected chi connectivity index (χ1v) is 5.66. The van der Waals surface area contributed by atoms with Crippen LogP contribution in [-0.2, 0) is 12.7 Å². The van der Waals surface area contributed by atoms with Gasteiger partial charge in [-0.15, -0.1) is 0 Å². The molecule has 2 aromatic rings. The minimum absolute atomic E-state index is 0.0941. The van der Waals surface area contributed by atoms with E-state index in [2.05, 4.69) is 0 Å². The van der Waals surface area contributed by atoms with Crippen molar-refractivity contribution in [1.29, 1.82) is 0 Å². The van der Waals surface area contributed by atoms with Crippen molar-refractivity contribution in [2.45, 2.75) is 25.1 Å². The van der Waals surface area contributed by atoms with Crippen LogP contribution >= 0.6 is 0 Å². The molecule has 0 amide bonds. The van der Waals surface area contributed by atoms with Gasteiger partial charge in [0.1, 0.15) is 11.3 Å². The maximum atomic E-state index is 13.0. The fourth-order valence-electron chi connectivity index (χ4n) is 2.10. The van der Waals surface area contributed by atoms with Gasteiger partial charge >= 0.3 is 6.18 Å². The Morgan fingerprint density at radius 1 is 1.28 bits per heavy atom. The Kier molecular flexibility index (Phi) is 2.41. The van der Waals surface area contributed by atoms with Crippen LogP contribution in [0.5, 0.6) is 0 Å². The van der Waals surface area contributed by atoms with Crippen molar-refractivity contribution in [3.05, 3.63) is 41.5 Å². The SMILES string of the molecule is NCc1cc2cc(C3[CH]C3)cc(C(F)(F)F)c2o1. The van der Waals surface area contributed by atoms with Gasteiger partial charge in [-0.3, -0.25) is 0 Å². The van der Waals surface area contributed by atoms with Gasteiger partial charge in [0.05, 0.1) is 12.1 Å². The van der Waals surface area contributed by atoms with Gasteiger partial charge in [-0.05, 0) is 42.5 Å². The topological polar surface area (TPSA) is 39.2 Å². The molecule has 95 valence electrons. The van der Waals surface area contributed by atoms with E-state index in [-0.39, 0.29) is 18.0 Å². The van der Waals surface area contributed by atoms with E-state index in [1.807, 2.05) is 6.42 Å². The van der Waals surface area contributed by atoms with Crippen LogP contribution in [0.1, 0.15) is 29.2 Å². The van der Waals surface area contributed by atoms with Crippen LogP contribution in [0.25, 0.3) is 11.0 Å². The third-order valence-corrected chi connectivity index (χ3v) is 3.10. The largest absolute Gasteiger partial charge is 0.459 e. The standard InChI is InChI=1S/C13H11F3NO/c14-13(15,16)11-5-8(7-1-2-7)3-9-4-10(6-17)18-12(9)11/h1,3-5,7H,2,6,17H2. The van der Waals surface area contributed by atoms with Gasteiger partial charge in [0.25, 0.3) is 0 Å². The highest BCUT2D eigenvalue weighted by atomic mass is 19.4. The lowest BCUT2D eigenvalue weighted by molar-refractivity contribution is -0.136. The maximum absolute atomic E-state index is 13.0. The summed E-state index contributed by atoms with van der Waals surface area (Å²) in [6.45, 7) is 0.0941. The van der Waals surface area contributed by atoms with Crippen molar-refractivity contribution < 1.29 is 17.6 Å². The first-order chi connectivity index (χ1) is 8.49. The molecule has 0 spiro atoms. The fourth-order valence-corrected chi connectivity index (χ4v) is 2.10. The predicted octanol–water partition coefficient (Wildman–Crippen LogP) is 3.60. The number of furan rings is 1. The first-order valence-electron chi connectivity index (χ1n) is 5.66. The molecule has 1 heterocycles. The number of fused-ring (bicyclic) bond motifs is 1. The zero-order valence-electron chi connectivity index (χ0n) is 9.42. The molecule has 1 unspecified atom stereocenters. The van der Waals surface area contributed by atoms with Crippen LogP contribution < -0.4 is 5.73 Å². The normalized spacial score (nSPS) is 16.4. The van der Waals surface area contributed by atoms with Gasteiger partial charge in [-0.2, -0.15) is 13.2 Å². The molecule has 18 heavy (non-hydrogen) atoms. The number of alkyl halides is 3. The third-order valence-electron chi connectivity index (χ3n) is 3.10. The Morgan fingerprint density at radius 3 is 2.56 bits per heavy atom. The highest BCUT2D eigenvalue weighted by Gasteiger charge is 2.36. The van der Waals surface area contributed by atoms with Crippen LogP contribution in [0, 0.1) is 6.42 Å². The molecule has 2 nitrogen and oxygen atoms in total. The fraction of sp³-hybridized carbons (Fsp3) is 0.308. The van der Waals surface area contributed by atoms with Crippen LogP contribution in [-0.4, -0.2) is 0 Å². The molecule has 0 bridgehead atoms. The molecule has 1 aliphatic rings. The lowest BCUT2D eigenvalue weighted by Gasteiger charge is -2.09. The summed E-state index contributed by atoms with van der Waals surface area (Å²) in [5.74, 6) is 0.513. The Labute approximate surface area is 102 Å². The number of halogens is 3. The number of hydrogen-bond acceptors (Lipinski definition) is 2. The van der Waals surface area contributed by atoms with E-state index in [4.69, 9.17) is 10.2 Å². The molecule has 5 heteroatoms. The van der Waals surface area contributed by atoms with E-state index in [1.165, 1.54) is 6.07 Å². The average molecular weight is 254 g/mol. The summed E-state index contributed by atoms with van der Waals surface area (Å²) in [5.41, 5.74) is 5.26. The van der Waals surface area contributed by atoms with Crippen LogP contribution in [0.15, 0.2) is 22.6 Å². The van der Waals surface area contributed by atoms with E-state index in [9.17, 15) is 13.2 Å². The molecule has 1 aromatic carbocycles. The molecular weight excluding hydrogens is 243 g/mol. The maximum Gasteiger partial charge on any atom is 0.420 e. The highest BCUT2D eigenvalue weighted by Crippen LogP contribution is 2.44.